The van der Waals surface area contributed by atoms with Crippen LogP contribution in [0.3, 0.4) is 0 Å². The zero-order valence-electron chi connectivity index (χ0n) is 14.3. The average molecular weight is 384 g/mol. The van der Waals surface area contributed by atoms with Crippen molar-refractivity contribution in [1.82, 2.24) is 4.90 Å². The van der Waals surface area contributed by atoms with E-state index in [4.69, 9.17) is 9.47 Å². The summed E-state index contributed by atoms with van der Waals surface area (Å²) in [5.41, 5.74) is 0.693. The topological polar surface area (TPSA) is 38.8 Å². The molecule has 1 fully saturated rings. The summed E-state index contributed by atoms with van der Waals surface area (Å²) in [7, 11) is 0. The van der Waals surface area contributed by atoms with Crippen molar-refractivity contribution < 1.29 is 14.3 Å². The summed E-state index contributed by atoms with van der Waals surface area (Å²) in [6, 6.07) is 10.2. The fraction of sp³-hybridized carbons (Fsp3) is 0.611. The van der Waals surface area contributed by atoms with Gasteiger partial charge in [-0.25, -0.2) is 4.79 Å². The SMILES string of the molecule is CCC(OC1CN(C(=O)OC(C)(C)C)CC1Br)c1ccccc1. The molecule has 3 unspecified atom stereocenters. The van der Waals surface area contributed by atoms with Gasteiger partial charge in [-0.15, -0.1) is 0 Å². The van der Waals surface area contributed by atoms with E-state index in [2.05, 4.69) is 35.0 Å². The van der Waals surface area contributed by atoms with Crippen LogP contribution in [0.5, 0.6) is 0 Å². The molecular formula is C18H26BrNO3. The molecule has 3 atom stereocenters. The molecule has 0 N–H and O–H groups in total. The number of ether oxygens (including phenoxy) is 2. The van der Waals surface area contributed by atoms with Gasteiger partial charge in [-0.3, -0.25) is 0 Å². The third kappa shape index (κ3) is 5.21. The van der Waals surface area contributed by atoms with E-state index in [9.17, 15) is 4.79 Å². The molecule has 1 aliphatic rings. The van der Waals surface area contributed by atoms with Crippen LogP contribution in [0.2, 0.25) is 0 Å². The molecule has 1 heterocycles. The number of rotatable bonds is 4. The van der Waals surface area contributed by atoms with Crippen molar-refractivity contribution in [2.24, 2.45) is 0 Å². The van der Waals surface area contributed by atoms with Gasteiger partial charge in [0, 0.05) is 6.54 Å². The Kier molecular flexibility index (Phi) is 6.09. The van der Waals surface area contributed by atoms with Crippen LogP contribution in [0.15, 0.2) is 30.3 Å². The third-order valence-corrected chi connectivity index (χ3v) is 4.61. The summed E-state index contributed by atoms with van der Waals surface area (Å²) in [5.74, 6) is 0. The van der Waals surface area contributed by atoms with Crippen LogP contribution in [-0.4, -0.2) is 40.6 Å². The second-order valence-electron chi connectivity index (χ2n) is 6.88. The molecule has 128 valence electrons. The van der Waals surface area contributed by atoms with Crippen LogP contribution in [-0.2, 0) is 9.47 Å². The molecule has 1 aromatic carbocycles. The van der Waals surface area contributed by atoms with Gasteiger partial charge in [0.15, 0.2) is 0 Å². The highest BCUT2D eigenvalue weighted by molar-refractivity contribution is 9.09. The van der Waals surface area contributed by atoms with Crippen molar-refractivity contribution in [2.75, 3.05) is 13.1 Å². The van der Waals surface area contributed by atoms with Crippen LogP contribution in [0.1, 0.15) is 45.8 Å². The highest BCUT2D eigenvalue weighted by Crippen LogP contribution is 2.29. The van der Waals surface area contributed by atoms with Gasteiger partial charge < -0.3 is 14.4 Å². The second kappa shape index (κ2) is 7.67. The second-order valence-corrected chi connectivity index (χ2v) is 8.06. The maximum absolute atomic E-state index is 12.2. The lowest BCUT2D eigenvalue weighted by atomic mass is 10.1. The summed E-state index contributed by atoms with van der Waals surface area (Å²) in [6.45, 7) is 8.90. The standard InChI is InChI=1S/C18H26BrNO3/c1-5-15(13-9-7-6-8-10-13)22-16-12-20(11-14(16)19)17(21)23-18(2,3)4/h6-10,14-16H,5,11-12H2,1-4H3. The van der Waals surface area contributed by atoms with E-state index in [0.717, 1.165) is 6.42 Å². The van der Waals surface area contributed by atoms with E-state index in [-0.39, 0.29) is 23.1 Å². The van der Waals surface area contributed by atoms with E-state index in [1.165, 1.54) is 5.56 Å². The molecule has 0 aromatic heterocycles. The molecule has 0 radical (unpaired) electrons. The van der Waals surface area contributed by atoms with E-state index >= 15 is 0 Å². The van der Waals surface area contributed by atoms with Gasteiger partial charge in [0.05, 0.1) is 23.6 Å². The lowest BCUT2D eigenvalue weighted by Crippen LogP contribution is -2.36. The van der Waals surface area contributed by atoms with E-state index in [1.807, 2.05) is 39.0 Å². The molecule has 1 aliphatic heterocycles. The predicted molar refractivity (Wildman–Crippen MR) is 94.9 cm³/mol. The molecule has 4 nitrogen and oxygen atoms in total. The van der Waals surface area contributed by atoms with E-state index in [1.54, 1.807) is 4.90 Å². The molecule has 1 amide bonds. The summed E-state index contributed by atoms with van der Waals surface area (Å²) < 4.78 is 11.7. The lowest BCUT2D eigenvalue weighted by Gasteiger charge is -2.25. The van der Waals surface area contributed by atoms with E-state index < -0.39 is 5.60 Å². The van der Waals surface area contributed by atoms with Gasteiger partial charge in [-0.05, 0) is 32.8 Å². The Hall–Kier alpha value is -1.07. The minimum Gasteiger partial charge on any atom is -0.444 e. The molecule has 0 aliphatic carbocycles. The highest BCUT2D eigenvalue weighted by atomic mass is 79.9. The molecular weight excluding hydrogens is 358 g/mol. The molecule has 1 aromatic rings. The van der Waals surface area contributed by atoms with Gasteiger partial charge in [0.25, 0.3) is 0 Å². The first-order chi connectivity index (χ1) is 10.8. The quantitative estimate of drug-likeness (QED) is 0.716. The van der Waals surface area contributed by atoms with Crippen LogP contribution < -0.4 is 0 Å². The maximum Gasteiger partial charge on any atom is 0.410 e. The molecule has 5 heteroatoms. The van der Waals surface area contributed by atoms with Crippen molar-refractivity contribution in [3.63, 3.8) is 0 Å². The number of amides is 1. The Morgan fingerprint density at radius 2 is 1.96 bits per heavy atom. The van der Waals surface area contributed by atoms with Crippen molar-refractivity contribution in [3.05, 3.63) is 35.9 Å². The average Bonchev–Trinajstić information content (AvgIpc) is 2.85. The van der Waals surface area contributed by atoms with Crippen LogP contribution >= 0.6 is 15.9 Å². The summed E-state index contributed by atoms with van der Waals surface area (Å²) in [4.78, 5) is 14.0. The minimum absolute atomic E-state index is 0.0346. The first kappa shape index (κ1) is 18.3. The Bertz CT molecular complexity index is 515. The van der Waals surface area contributed by atoms with Crippen molar-refractivity contribution in [3.8, 4) is 0 Å². The summed E-state index contributed by atoms with van der Waals surface area (Å²) in [6.07, 6.45) is 0.625. The fourth-order valence-electron chi connectivity index (χ4n) is 2.63. The Labute approximate surface area is 147 Å². The van der Waals surface area contributed by atoms with Crippen LogP contribution in [0.25, 0.3) is 0 Å². The Balaban J connectivity index is 1.97. The largest absolute Gasteiger partial charge is 0.444 e. The third-order valence-electron chi connectivity index (χ3n) is 3.73. The monoisotopic (exact) mass is 383 g/mol. The number of halogens is 1. The number of nitrogens with zero attached hydrogens (tertiary/aromatic N) is 1. The molecule has 0 saturated carbocycles. The van der Waals surface area contributed by atoms with E-state index in [0.29, 0.717) is 13.1 Å². The fourth-order valence-corrected chi connectivity index (χ4v) is 3.27. The van der Waals surface area contributed by atoms with Crippen molar-refractivity contribution in [1.29, 1.82) is 0 Å². The number of carbonyl (C=O) groups excluding carboxylic acids is 1. The highest BCUT2D eigenvalue weighted by Gasteiger charge is 2.37. The smallest absolute Gasteiger partial charge is 0.410 e. The van der Waals surface area contributed by atoms with Gasteiger partial charge in [0.1, 0.15) is 5.60 Å². The van der Waals surface area contributed by atoms with Gasteiger partial charge in [-0.2, -0.15) is 0 Å². The zero-order chi connectivity index (χ0) is 17.0. The molecule has 1 saturated heterocycles. The van der Waals surface area contributed by atoms with Gasteiger partial charge >= 0.3 is 6.09 Å². The Morgan fingerprint density at radius 1 is 1.30 bits per heavy atom. The first-order valence-corrected chi connectivity index (χ1v) is 9.04. The molecule has 23 heavy (non-hydrogen) atoms. The number of benzene rings is 1. The number of hydrogen-bond donors (Lipinski definition) is 0. The molecule has 2 rings (SSSR count). The molecule has 0 spiro atoms. The van der Waals surface area contributed by atoms with Crippen molar-refractivity contribution >= 4 is 22.0 Å². The number of carbonyl (C=O) groups is 1. The number of hydrogen-bond acceptors (Lipinski definition) is 3. The lowest BCUT2D eigenvalue weighted by molar-refractivity contribution is -0.0116. The number of alkyl halides is 1. The molecule has 0 bridgehead atoms. The Morgan fingerprint density at radius 3 is 2.52 bits per heavy atom. The van der Waals surface area contributed by atoms with Gasteiger partial charge in [-0.1, -0.05) is 53.2 Å². The number of likely N-dealkylation sites (tertiary alicyclic amines) is 1. The summed E-state index contributed by atoms with van der Waals surface area (Å²) in [5, 5.41) is 0. The van der Waals surface area contributed by atoms with Crippen LogP contribution in [0.4, 0.5) is 4.79 Å². The summed E-state index contributed by atoms with van der Waals surface area (Å²) >= 11 is 3.65. The zero-order valence-corrected chi connectivity index (χ0v) is 15.9. The minimum atomic E-state index is -0.478. The predicted octanol–water partition coefficient (Wildman–Crippen LogP) is 4.54. The first-order valence-electron chi connectivity index (χ1n) is 8.12. The van der Waals surface area contributed by atoms with Crippen LogP contribution in [0, 0.1) is 0 Å². The maximum atomic E-state index is 12.2. The normalized spacial score (nSPS) is 22.9. The van der Waals surface area contributed by atoms with Crippen molar-refractivity contribution in [2.45, 2.75) is 56.8 Å². The van der Waals surface area contributed by atoms with Gasteiger partial charge in [0.2, 0.25) is 0 Å².